The van der Waals surface area contributed by atoms with Crippen molar-refractivity contribution in [3.05, 3.63) is 63.7 Å². The number of carbonyl (C=O) groups excluding carboxylic acids is 2. The van der Waals surface area contributed by atoms with Crippen molar-refractivity contribution in [1.29, 1.82) is 0 Å². The van der Waals surface area contributed by atoms with Crippen LogP contribution < -0.4 is 14.4 Å². The zero-order valence-corrected chi connectivity index (χ0v) is 22.6. The van der Waals surface area contributed by atoms with Gasteiger partial charge in [0.1, 0.15) is 24.0 Å². The zero-order chi connectivity index (χ0) is 27.8. The van der Waals surface area contributed by atoms with E-state index in [1.54, 1.807) is 6.92 Å². The lowest BCUT2D eigenvalue weighted by Gasteiger charge is -2.33. The van der Waals surface area contributed by atoms with E-state index in [9.17, 15) is 28.1 Å². The third-order valence-electron chi connectivity index (χ3n) is 5.73. The maximum absolute atomic E-state index is 13.7. The number of nitro benzene ring substituents is 1. The van der Waals surface area contributed by atoms with Gasteiger partial charge >= 0.3 is 0 Å². The Morgan fingerprint density at radius 3 is 2.30 bits per heavy atom. The number of sulfonamides is 1. The second-order valence-electron chi connectivity index (χ2n) is 8.61. The highest BCUT2D eigenvalue weighted by atomic mass is 32.2. The SMILES string of the molecule is CCCNC(=O)C(CC)N(Cc1ccc(C)cc1)C(=O)CN(c1cc([N+](=O)[O-])ccc1OC)S(C)(=O)=O. The number of carbonyl (C=O) groups is 2. The van der Waals surface area contributed by atoms with Gasteiger partial charge < -0.3 is 15.0 Å². The van der Waals surface area contributed by atoms with Crippen LogP contribution in [0.3, 0.4) is 0 Å². The molecule has 0 aliphatic carbocycles. The number of ether oxygens (including phenoxy) is 1. The van der Waals surface area contributed by atoms with E-state index in [0.29, 0.717) is 19.4 Å². The number of nitrogens with one attached hydrogen (secondary N) is 1. The maximum atomic E-state index is 13.7. The molecular formula is C25H34N4O7S. The highest BCUT2D eigenvalue weighted by Crippen LogP contribution is 2.34. The predicted octanol–water partition coefficient (Wildman–Crippen LogP) is 3.01. The first-order valence-corrected chi connectivity index (χ1v) is 13.7. The molecule has 0 saturated heterocycles. The predicted molar refractivity (Wildman–Crippen MR) is 141 cm³/mol. The Labute approximate surface area is 217 Å². The van der Waals surface area contributed by atoms with Crippen molar-refractivity contribution in [2.24, 2.45) is 0 Å². The van der Waals surface area contributed by atoms with Crippen LogP contribution in [-0.4, -0.2) is 62.6 Å². The molecule has 2 rings (SSSR count). The number of rotatable bonds is 13. The summed E-state index contributed by atoms with van der Waals surface area (Å²) in [5, 5.41) is 14.2. The van der Waals surface area contributed by atoms with Crippen molar-refractivity contribution in [2.75, 3.05) is 30.8 Å². The van der Waals surface area contributed by atoms with Crippen LogP contribution in [-0.2, 0) is 26.2 Å². The van der Waals surface area contributed by atoms with Gasteiger partial charge in [-0.2, -0.15) is 0 Å². The normalized spacial score (nSPS) is 11.9. The molecule has 1 atom stereocenters. The number of benzene rings is 2. The average Bonchev–Trinajstić information content (AvgIpc) is 2.85. The second kappa shape index (κ2) is 13.0. The Bertz CT molecular complexity index is 1220. The van der Waals surface area contributed by atoms with Crippen molar-refractivity contribution >= 4 is 33.2 Å². The molecule has 37 heavy (non-hydrogen) atoms. The fourth-order valence-electron chi connectivity index (χ4n) is 3.76. The van der Waals surface area contributed by atoms with E-state index in [2.05, 4.69) is 5.32 Å². The number of amides is 2. The zero-order valence-electron chi connectivity index (χ0n) is 21.8. The molecule has 2 aromatic carbocycles. The molecule has 0 aromatic heterocycles. The van der Waals surface area contributed by atoms with E-state index in [4.69, 9.17) is 4.74 Å². The first kappa shape index (κ1) is 29.6. The Kier molecular flexibility index (Phi) is 10.4. The van der Waals surface area contributed by atoms with Crippen LogP contribution in [0.1, 0.15) is 37.8 Å². The van der Waals surface area contributed by atoms with E-state index < -0.39 is 33.4 Å². The number of nitro groups is 1. The second-order valence-corrected chi connectivity index (χ2v) is 10.5. The molecule has 2 amide bonds. The summed E-state index contributed by atoms with van der Waals surface area (Å²) in [6.45, 7) is 5.43. The lowest BCUT2D eigenvalue weighted by molar-refractivity contribution is -0.384. The maximum Gasteiger partial charge on any atom is 0.271 e. The van der Waals surface area contributed by atoms with Gasteiger partial charge in [-0.25, -0.2) is 8.42 Å². The molecule has 0 heterocycles. The highest BCUT2D eigenvalue weighted by Gasteiger charge is 2.33. The Hall–Kier alpha value is -3.67. The van der Waals surface area contributed by atoms with E-state index in [1.807, 2.05) is 38.1 Å². The minimum absolute atomic E-state index is 0.0432. The molecule has 0 radical (unpaired) electrons. The number of hydrogen-bond acceptors (Lipinski definition) is 7. The van der Waals surface area contributed by atoms with Crippen LogP contribution in [0.2, 0.25) is 0 Å². The van der Waals surface area contributed by atoms with Gasteiger partial charge in [0.25, 0.3) is 5.69 Å². The summed E-state index contributed by atoms with van der Waals surface area (Å²) in [4.78, 5) is 38.7. The average molecular weight is 535 g/mol. The molecule has 1 N–H and O–H groups in total. The highest BCUT2D eigenvalue weighted by molar-refractivity contribution is 7.92. The number of methoxy groups -OCH3 is 1. The first-order valence-electron chi connectivity index (χ1n) is 11.9. The van der Waals surface area contributed by atoms with Crippen molar-refractivity contribution in [2.45, 2.75) is 46.2 Å². The van der Waals surface area contributed by atoms with Crippen molar-refractivity contribution in [1.82, 2.24) is 10.2 Å². The van der Waals surface area contributed by atoms with E-state index in [1.165, 1.54) is 24.1 Å². The van der Waals surface area contributed by atoms with Crippen LogP contribution in [0.5, 0.6) is 5.75 Å². The summed E-state index contributed by atoms with van der Waals surface area (Å²) in [6, 6.07) is 10.1. The van der Waals surface area contributed by atoms with E-state index in [-0.39, 0.29) is 29.6 Å². The summed E-state index contributed by atoms with van der Waals surface area (Å²) in [6.07, 6.45) is 1.91. The fraction of sp³-hybridized carbons (Fsp3) is 0.440. The summed E-state index contributed by atoms with van der Waals surface area (Å²) in [7, 11) is -2.79. The van der Waals surface area contributed by atoms with Crippen LogP contribution >= 0.6 is 0 Å². The quantitative estimate of drug-likeness (QED) is 0.308. The largest absolute Gasteiger partial charge is 0.495 e. The minimum Gasteiger partial charge on any atom is -0.495 e. The number of nitrogens with zero attached hydrogens (tertiary/aromatic N) is 3. The van der Waals surface area contributed by atoms with Gasteiger partial charge in [-0.1, -0.05) is 43.7 Å². The topological polar surface area (TPSA) is 139 Å². The summed E-state index contributed by atoms with van der Waals surface area (Å²) in [5.74, 6) is -0.941. The van der Waals surface area contributed by atoms with Gasteiger partial charge in [-0.3, -0.25) is 24.0 Å². The van der Waals surface area contributed by atoms with Crippen molar-refractivity contribution in [3.8, 4) is 5.75 Å². The van der Waals surface area contributed by atoms with Crippen molar-refractivity contribution < 1.29 is 27.7 Å². The van der Waals surface area contributed by atoms with E-state index >= 15 is 0 Å². The lowest BCUT2D eigenvalue weighted by Crippen LogP contribution is -2.52. The Morgan fingerprint density at radius 1 is 1.14 bits per heavy atom. The lowest BCUT2D eigenvalue weighted by atomic mass is 10.1. The number of aryl methyl sites for hydroxylation is 1. The number of non-ortho nitro benzene ring substituents is 1. The molecule has 0 saturated carbocycles. The molecule has 11 nitrogen and oxygen atoms in total. The fourth-order valence-corrected chi connectivity index (χ4v) is 4.60. The summed E-state index contributed by atoms with van der Waals surface area (Å²) in [5.41, 5.74) is 1.28. The van der Waals surface area contributed by atoms with Crippen LogP contribution in [0.25, 0.3) is 0 Å². The van der Waals surface area contributed by atoms with Gasteiger partial charge in [-0.05, 0) is 31.4 Å². The molecule has 0 bridgehead atoms. The molecule has 1 unspecified atom stereocenters. The Balaban J connectivity index is 2.54. The minimum atomic E-state index is -4.08. The van der Waals surface area contributed by atoms with Crippen LogP contribution in [0.4, 0.5) is 11.4 Å². The third-order valence-corrected chi connectivity index (χ3v) is 6.86. The van der Waals surface area contributed by atoms with Crippen molar-refractivity contribution in [3.63, 3.8) is 0 Å². The molecule has 202 valence electrons. The van der Waals surface area contributed by atoms with Gasteiger partial charge in [0.15, 0.2) is 0 Å². The number of anilines is 1. The first-order chi connectivity index (χ1) is 17.4. The molecule has 2 aromatic rings. The summed E-state index contributed by atoms with van der Waals surface area (Å²) >= 11 is 0. The standard InChI is InChI=1S/C25H34N4O7S/c1-6-14-26-25(31)21(7-2)27(16-19-10-8-18(3)9-11-19)24(30)17-28(37(5,34)35)22-15-20(29(32)33)12-13-23(22)36-4/h8-13,15,21H,6-7,14,16-17H2,1-5H3,(H,26,31). The Morgan fingerprint density at radius 2 is 1.78 bits per heavy atom. The van der Waals surface area contributed by atoms with E-state index in [0.717, 1.165) is 27.8 Å². The van der Waals surface area contributed by atoms with Crippen LogP contribution in [0.15, 0.2) is 42.5 Å². The molecule has 0 fully saturated rings. The monoisotopic (exact) mass is 534 g/mol. The van der Waals surface area contributed by atoms with Gasteiger partial charge in [0.05, 0.1) is 18.3 Å². The van der Waals surface area contributed by atoms with Gasteiger partial charge in [-0.15, -0.1) is 0 Å². The molecule has 12 heteroatoms. The molecule has 0 spiro atoms. The smallest absolute Gasteiger partial charge is 0.271 e. The molecular weight excluding hydrogens is 500 g/mol. The van der Waals surface area contributed by atoms with Crippen LogP contribution in [0, 0.1) is 17.0 Å². The molecule has 0 aliphatic rings. The number of hydrogen-bond donors (Lipinski definition) is 1. The van der Waals surface area contributed by atoms with Gasteiger partial charge in [0.2, 0.25) is 21.8 Å². The van der Waals surface area contributed by atoms with Gasteiger partial charge in [0, 0.05) is 25.2 Å². The molecule has 0 aliphatic heterocycles. The summed E-state index contributed by atoms with van der Waals surface area (Å²) < 4.78 is 31.6. The third kappa shape index (κ3) is 7.91.